The molecule has 2 aromatic carbocycles. The zero-order chi connectivity index (χ0) is 32.7. The Hall–Kier alpha value is -4.01. The van der Waals surface area contributed by atoms with Crippen LogP contribution in [0, 0.1) is 24.1 Å². The number of hydrogen-bond acceptors (Lipinski definition) is 8. The SMILES string of the molecule is Cc1cccc(-c2c(Cl)cc3c(nc(OC[C@@H]4CCCN4C)c4nnn(C5CCN(C(=O)OC(C)(C)C)[C@H](CC#N)C5)c43)c2F)c1. The minimum Gasteiger partial charge on any atom is -0.474 e. The second-order valence-corrected chi connectivity index (χ2v) is 13.8. The van der Waals surface area contributed by atoms with Crippen LogP contribution in [0.3, 0.4) is 0 Å². The molecule has 6 rings (SSSR count). The van der Waals surface area contributed by atoms with Gasteiger partial charge in [0.15, 0.2) is 11.3 Å². The Morgan fingerprint density at radius 2 is 1.98 bits per heavy atom. The van der Waals surface area contributed by atoms with Crippen molar-refractivity contribution in [3.05, 3.63) is 46.7 Å². The predicted octanol–water partition coefficient (Wildman–Crippen LogP) is 7.07. The van der Waals surface area contributed by atoms with Gasteiger partial charge >= 0.3 is 6.09 Å². The summed E-state index contributed by atoms with van der Waals surface area (Å²) in [6.07, 6.45) is 2.74. The molecule has 12 heteroatoms. The maximum absolute atomic E-state index is 16.6. The number of aromatic nitrogens is 4. The van der Waals surface area contributed by atoms with E-state index in [9.17, 15) is 10.1 Å². The second-order valence-electron chi connectivity index (χ2n) is 13.4. The molecule has 2 saturated heterocycles. The van der Waals surface area contributed by atoms with E-state index in [1.807, 2.05) is 52.0 Å². The highest BCUT2D eigenvalue weighted by Crippen LogP contribution is 2.41. The van der Waals surface area contributed by atoms with E-state index in [1.54, 1.807) is 15.6 Å². The topological polar surface area (TPSA) is 109 Å². The van der Waals surface area contributed by atoms with Crippen LogP contribution in [0.4, 0.5) is 9.18 Å². The van der Waals surface area contributed by atoms with Gasteiger partial charge in [-0.05, 0) is 78.6 Å². The van der Waals surface area contributed by atoms with Gasteiger partial charge < -0.3 is 19.3 Å². The highest BCUT2D eigenvalue weighted by Gasteiger charge is 2.37. The maximum atomic E-state index is 16.6. The Balaban J connectivity index is 1.46. The number of nitriles is 1. The number of rotatable bonds is 6. The molecule has 1 amide bonds. The smallest absolute Gasteiger partial charge is 0.410 e. The molecule has 46 heavy (non-hydrogen) atoms. The molecule has 3 atom stereocenters. The highest BCUT2D eigenvalue weighted by molar-refractivity contribution is 6.34. The zero-order valence-electron chi connectivity index (χ0n) is 26.9. The van der Waals surface area contributed by atoms with Crippen molar-refractivity contribution in [3.8, 4) is 23.1 Å². The van der Waals surface area contributed by atoms with E-state index in [0.29, 0.717) is 48.0 Å². The summed E-state index contributed by atoms with van der Waals surface area (Å²) in [4.78, 5) is 21.6. The molecule has 4 aromatic rings. The number of hydrogen-bond donors (Lipinski definition) is 0. The van der Waals surface area contributed by atoms with Crippen LogP contribution >= 0.6 is 11.6 Å². The van der Waals surface area contributed by atoms with Crippen LogP contribution in [0.1, 0.15) is 64.5 Å². The third-order valence-electron chi connectivity index (χ3n) is 8.94. The highest BCUT2D eigenvalue weighted by atomic mass is 35.5. The summed E-state index contributed by atoms with van der Waals surface area (Å²) in [5.74, 6) is -0.335. The molecule has 242 valence electrons. The number of fused-ring (bicyclic) bond motifs is 3. The first-order valence-electron chi connectivity index (χ1n) is 15.8. The van der Waals surface area contributed by atoms with Crippen LogP contribution in [0.2, 0.25) is 5.02 Å². The standard InChI is InChI=1S/C34H39ClFN7O3/c1-20-8-6-9-21(16-20)27-26(35)18-25-29(28(27)36)38-32(45-19-24-10-7-14-41(24)5)30-31(25)43(40-39-30)23-12-15-42(22(17-23)11-13-37)33(44)46-34(2,3)4/h6,8-9,16,18,22-24H,7,10-12,14-15,17,19H2,1-5H3/t22-,23?,24+/m1/s1. The average Bonchev–Trinajstić information content (AvgIpc) is 3.62. The fourth-order valence-corrected chi connectivity index (χ4v) is 6.94. The van der Waals surface area contributed by atoms with E-state index in [-0.39, 0.29) is 40.5 Å². The van der Waals surface area contributed by atoms with E-state index in [1.165, 1.54) is 0 Å². The number of piperidine rings is 1. The van der Waals surface area contributed by atoms with Crippen LogP contribution in [0.5, 0.6) is 5.88 Å². The number of pyridine rings is 1. The summed E-state index contributed by atoms with van der Waals surface area (Å²) in [6.45, 7) is 9.13. The average molecular weight is 648 g/mol. The number of halogens is 2. The van der Waals surface area contributed by atoms with Crippen LogP contribution < -0.4 is 4.74 Å². The Bertz CT molecular complexity index is 1830. The van der Waals surface area contributed by atoms with Crippen molar-refractivity contribution in [2.24, 2.45) is 0 Å². The number of nitrogens with zero attached hydrogens (tertiary/aromatic N) is 7. The number of amides is 1. The van der Waals surface area contributed by atoms with E-state index in [2.05, 4.69) is 28.3 Å². The first-order chi connectivity index (χ1) is 21.9. The normalized spacial score (nSPS) is 20.7. The maximum Gasteiger partial charge on any atom is 0.410 e. The summed E-state index contributed by atoms with van der Waals surface area (Å²) < 4.78 is 30.3. The molecule has 2 aliphatic rings. The molecule has 2 fully saturated rings. The first-order valence-corrected chi connectivity index (χ1v) is 16.2. The number of ether oxygens (including phenoxy) is 2. The summed E-state index contributed by atoms with van der Waals surface area (Å²) in [5, 5.41) is 19.4. The van der Waals surface area contributed by atoms with Crippen LogP contribution in [0.25, 0.3) is 33.1 Å². The third-order valence-corrected chi connectivity index (χ3v) is 9.24. The van der Waals surface area contributed by atoms with Crippen molar-refractivity contribution in [1.29, 1.82) is 5.26 Å². The van der Waals surface area contributed by atoms with Gasteiger partial charge in [-0.2, -0.15) is 5.26 Å². The third kappa shape index (κ3) is 6.20. The molecule has 0 saturated carbocycles. The van der Waals surface area contributed by atoms with Gasteiger partial charge in [0, 0.05) is 23.5 Å². The number of benzene rings is 2. The van der Waals surface area contributed by atoms with Gasteiger partial charge in [0.25, 0.3) is 0 Å². The monoisotopic (exact) mass is 647 g/mol. The summed E-state index contributed by atoms with van der Waals surface area (Å²) in [7, 11) is 2.07. The van der Waals surface area contributed by atoms with E-state index in [0.717, 1.165) is 24.9 Å². The van der Waals surface area contributed by atoms with Gasteiger partial charge in [0.1, 0.15) is 23.2 Å². The summed E-state index contributed by atoms with van der Waals surface area (Å²) in [6, 6.07) is 11.1. The van der Waals surface area contributed by atoms with Crippen molar-refractivity contribution in [2.75, 3.05) is 26.7 Å². The van der Waals surface area contributed by atoms with Crippen molar-refractivity contribution in [1.82, 2.24) is 29.8 Å². The van der Waals surface area contributed by atoms with Crippen LogP contribution in [-0.2, 0) is 4.74 Å². The van der Waals surface area contributed by atoms with Gasteiger partial charge in [-0.25, -0.2) is 18.9 Å². The summed E-state index contributed by atoms with van der Waals surface area (Å²) in [5.41, 5.74) is 2.33. The molecule has 10 nitrogen and oxygen atoms in total. The number of carbonyl (C=O) groups excluding carboxylic acids is 1. The Morgan fingerprint density at radius 3 is 2.67 bits per heavy atom. The van der Waals surface area contributed by atoms with Crippen LogP contribution in [-0.4, -0.2) is 80.3 Å². The van der Waals surface area contributed by atoms with Gasteiger partial charge in [-0.15, -0.1) is 5.10 Å². The van der Waals surface area contributed by atoms with Crippen LogP contribution in [0.15, 0.2) is 30.3 Å². The van der Waals surface area contributed by atoms with Gasteiger partial charge in [0.05, 0.1) is 29.6 Å². The summed E-state index contributed by atoms with van der Waals surface area (Å²) >= 11 is 6.83. The van der Waals surface area contributed by atoms with Crippen molar-refractivity contribution >= 4 is 39.6 Å². The molecule has 0 N–H and O–H groups in total. The number of likely N-dealkylation sites (N-methyl/N-ethyl adjacent to an activating group) is 1. The molecule has 0 aliphatic carbocycles. The molecule has 4 heterocycles. The molecule has 1 unspecified atom stereocenters. The fourth-order valence-electron chi connectivity index (χ4n) is 6.64. The van der Waals surface area contributed by atoms with Crippen molar-refractivity contribution in [2.45, 2.75) is 83.5 Å². The second kappa shape index (κ2) is 12.6. The Morgan fingerprint density at radius 1 is 1.17 bits per heavy atom. The van der Waals surface area contributed by atoms with E-state index in [4.69, 9.17) is 26.1 Å². The number of aryl methyl sites for hydroxylation is 1. The number of likely N-dealkylation sites (tertiary alicyclic amines) is 2. The predicted molar refractivity (Wildman–Crippen MR) is 174 cm³/mol. The molecule has 0 bridgehead atoms. The molecule has 2 aromatic heterocycles. The molecular formula is C34H39ClFN7O3. The van der Waals surface area contributed by atoms with Gasteiger partial charge in [-0.1, -0.05) is 46.6 Å². The molecule has 0 radical (unpaired) electrons. The lowest BCUT2D eigenvalue weighted by Gasteiger charge is -2.39. The lowest BCUT2D eigenvalue weighted by Crippen LogP contribution is -2.48. The molecular weight excluding hydrogens is 609 g/mol. The van der Waals surface area contributed by atoms with Crippen molar-refractivity contribution < 1.29 is 18.7 Å². The van der Waals surface area contributed by atoms with Crippen molar-refractivity contribution in [3.63, 3.8) is 0 Å². The lowest BCUT2D eigenvalue weighted by atomic mass is 9.95. The molecule has 0 spiro atoms. The van der Waals surface area contributed by atoms with Gasteiger partial charge in [0.2, 0.25) is 5.88 Å². The minimum absolute atomic E-state index is 0.117. The minimum atomic E-state index is -0.663. The zero-order valence-corrected chi connectivity index (χ0v) is 27.6. The van der Waals surface area contributed by atoms with E-state index >= 15 is 4.39 Å². The Labute approximate surface area is 273 Å². The quantitative estimate of drug-likeness (QED) is 0.219. The van der Waals surface area contributed by atoms with E-state index < -0.39 is 23.6 Å². The first kappa shape index (κ1) is 32.0. The van der Waals surface area contributed by atoms with Gasteiger partial charge in [-0.3, -0.25) is 0 Å². The lowest BCUT2D eigenvalue weighted by molar-refractivity contribution is 0.00557. The number of carbonyl (C=O) groups is 1. The largest absolute Gasteiger partial charge is 0.474 e. The molecule has 2 aliphatic heterocycles. The fraction of sp³-hybridized carbons (Fsp3) is 0.500. The Kier molecular flexibility index (Phi) is 8.79.